The number of aromatic nitrogens is 3. The Morgan fingerprint density at radius 2 is 1.91 bits per heavy atom. The van der Waals surface area contributed by atoms with Crippen LogP contribution in [0.4, 0.5) is 0 Å². The number of carbonyl (C=O) groups is 1. The normalized spacial score (nSPS) is 16.9. The lowest BCUT2D eigenvalue weighted by molar-refractivity contribution is -0.124. The number of rotatable bonds is 9. The van der Waals surface area contributed by atoms with Crippen LogP contribution in [0.1, 0.15) is 77.5 Å². The highest BCUT2D eigenvalue weighted by atomic mass is 16.2. The van der Waals surface area contributed by atoms with Crippen molar-refractivity contribution in [3.05, 3.63) is 46.4 Å². The van der Waals surface area contributed by atoms with Gasteiger partial charge in [-0.1, -0.05) is 45.2 Å². The number of hydrogen-bond acceptors (Lipinski definition) is 4. The maximum atomic E-state index is 13.5. The van der Waals surface area contributed by atoms with E-state index < -0.39 is 6.04 Å². The first-order chi connectivity index (χ1) is 16.5. The molecule has 1 fully saturated rings. The van der Waals surface area contributed by atoms with Gasteiger partial charge in [0.15, 0.2) is 5.65 Å². The summed E-state index contributed by atoms with van der Waals surface area (Å²) in [6.45, 7) is 9.99. The van der Waals surface area contributed by atoms with Gasteiger partial charge in [0, 0.05) is 42.3 Å². The van der Waals surface area contributed by atoms with E-state index in [1.165, 1.54) is 38.2 Å². The lowest BCUT2D eigenvalue weighted by Crippen LogP contribution is -2.47. The van der Waals surface area contributed by atoms with Crippen LogP contribution in [-0.2, 0) is 4.79 Å². The smallest absolute Gasteiger partial charge is 0.273 e. The summed E-state index contributed by atoms with van der Waals surface area (Å²) in [5.74, 6) is 0.0102. The molecule has 1 aliphatic carbocycles. The molecule has 3 aromatic rings. The molecule has 7 nitrogen and oxygen atoms in total. The molecule has 1 amide bonds. The molecule has 0 radical (unpaired) electrons. The van der Waals surface area contributed by atoms with Gasteiger partial charge in [0.25, 0.3) is 5.56 Å². The molecule has 184 valence electrons. The summed E-state index contributed by atoms with van der Waals surface area (Å²) in [7, 11) is 0. The van der Waals surface area contributed by atoms with Crippen LogP contribution < -0.4 is 10.9 Å². The summed E-state index contributed by atoms with van der Waals surface area (Å²) in [5, 5.41) is 4.12. The van der Waals surface area contributed by atoms with Gasteiger partial charge in [-0.15, -0.1) is 0 Å². The molecule has 34 heavy (non-hydrogen) atoms. The summed E-state index contributed by atoms with van der Waals surface area (Å²) in [5.41, 5.74) is 2.03. The zero-order chi connectivity index (χ0) is 24.2. The second-order valence-corrected chi connectivity index (χ2v) is 9.73. The van der Waals surface area contributed by atoms with E-state index in [0.29, 0.717) is 30.7 Å². The van der Waals surface area contributed by atoms with Gasteiger partial charge in [0.1, 0.15) is 6.04 Å². The molecule has 1 saturated carbocycles. The minimum Gasteiger partial charge on any atom is -0.353 e. The van der Waals surface area contributed by atoms with Crippen LogP contribution in [-0.4, -0.2) is 50.2 Å². The molecule has 1 N–H and O–H groups in total. The average molecular weight is 466 g/mol. The molecule has 4 rings (SSSR count). The Bertz CT molecular complexity index is 1190. The molecule has 7 heteroatoms. The van der Waals surface area contributed by atoms with E-state index in [1.54, 1.807) is 0 Å². The molecular formula is C27H39N5O2. The molecule has 0 saturated heterocycles. The second kappa shape index (κ2) is 10.7. The van der Waals surface area contributed by atoms with Crippen molar-refractivity contribution in [1.82, 2.24) is 24.4 Å². The van der Waals surface area contributed by atoms with Crippen LogP contribution in [0, 0.1) is 6.92 Å². The molecule has 2 heterocycles. The Labute approximate surface area is 202 Å². The van der Waals surface area contributed by atoms with Gasteiger partial charge in [0.05, 0.1) is 5.52 Å². The SMILES string of the molecule is CC[C@@H](C)N(CCNC(=O)[C@H](CC)n1c2ccccc2c2nc(=O)cc(C)n21)C1CCCCC1. The van der Waals surface area contributed by atoms with E-state index in [9.17, 15) is 9.59 Å². The van der Waals surface area contributed by atoms with Crippen molar-refractivity contribution in [2.45, 2.75) is 90.8 Å². The zero-order valence-electron chi connectivity index (χ0n) is 21.1. The number of carbonyl (C=O) groups excluding carboxylic acids is 1. The highest BCUT2D eigenvalue weighted by Gasteiger charge is 2.27. The Morgan fingerprint density at radius 3 is 2.62 bits per heavy atom. The first-order valence-electron chi connectivity index (χ1n) is 13.0. The van der Waals surface area contributed by atoms with Gasteiger partial charge in [-0.2, -0.15) is 4.98 Å². The first kappa shape index (κ1) is 24.5. The Kier molecular flexibility index (Phi) is 7.71. The minimum atomic E-state index is -0.392. The number of amides is 1. The van der Waals surface area contributed by atoms with E-state index in [1.807, 2.05) is 47.3 Å². The molecule has 0 aliphatic heterocycles. The van der Waals surface area contributed by atoms with Crippen LogP contribution in [0.5, 0.6) is 0 Å². The van der Waals surface area contributed by atoms with Crippen molar-refractivity contribution >= 4 is 22.5 Å². The molecule has 0 bridgehead atoms. The van der Waals surface area contributed by atoms with Crippen molar-refractivity contribution in [3.63, 3.8) is 0 Å². The summed E-state index contributed by atoms with van der Waals surface area (Å²) in [6, 6.07) is 10.2. The van der Waals surface area contributed by atoms with E-state index in [0.717, 1.165) is 29.6 Å². The fourth-order valence-corrected chi connectivity index (χ4v) is 5.62. The van der Waals surface area contributed by atoms with Gasteiger partial charge in [0.2, 0.25) is 5.91 Å². The van der Waals surface area contributed by atoms with Crippen molar-refractivity contribution in [2.24, 2.45) is 0 Å². The second-order valence-electron chi connectivity index (χ2n) is 9.73. The number of fused-ring (bicyclic) bond motifs is 3. The zero-order valence-corrected chi connectivity index (χ0v) is 21.1. The first-order valence-corrected chi connectivity index (χ1v) is 13.0. The average Bonchev–Trinajstić information content (AvgIpc) is 3.17. The molecule has 2 atom stereocenters. The van der Waals surface area contributed by atoms with Crippen LogP contribution >= 0.6 is 0 Å². The third-order valence-electron chi connectivity index (χ3n) is 7.54. The fraction of sp³-hybridized carbons (Fsp3) is 0.593. The summed E-state index contributed by atoms with van der Waals surface area (Å²) in [6.07, 6.45) is 8.26. The maximum Gasteiger partial charge on any atom is 0.273 e. The summed E-state index contributed by atoms with van der Waals surface area (Å²) >= 11 is 0. The third kappa shape index (κ3) is 4.76. The van der Waals surface area contributed by atoms with E-state index >= 15 is 0 Å². The maximum absolute atomic E-state index is 13.5. The van der Waals surface area contributed by atoms with Crippen molar-refractivity contribution in [1.29, 1.82) is 0 Å². The van der Waals surface area contributed by atoms with Gasteiger partial charge in [-0.25, -0.2) is 4.52 Å². The van der Waals surface area contributed by atoms with Crippen LogP contribution in [0.15, 0.2) is 35.1 Å². The van der Waals surface area contributed by atoms with E-state index in [2.05, 4.69) is 29.0 Å². The van der Waals surface area contributed by atoms with Gasteiger partial charge in [-0.05, 0) is 51.7 Å². The summed E-state index contributed by atoms with van der Waals surface area (Å²) < 4.78 is 3.93. The lowest BCUT2D eigenvalue weighted by atomic mass is 9.93. The minimum absolute atomic E-state index is 0.0102. The molecule has 0 unspecified atom stereocenters. The van der Waals surface area contributed by atoms with Crippen molar-refractivity contribution < 1.29 is 4.79 Å². The van der Waals surface area contributed by atoms with E-state index in [-0.39, 0.29) is 11.5 Å². The Morgan fingerprint density at radius 1 is 1.18 bits per heavy atom. The quantitative estimate of drug-likeness (QED) is 0.507. The number of hydrogen-bond donors (Lipinski definition) is 1. The van der Waals surface area contributed by atoms with Crippen molar-refractivity contribution in [3.8, 4) is 0 Å². The molecule has 1 aliphatic rings. The molecular weight excluding hydrogens is 426 g/mol. The topological polar surface area (TPSA) is 71.6 Å². The molecule has 2 aromatic heterocycles. The Hall–Kier alpha value is -2.67. The third-order valence-corrected chi connectivity index (χ3v) is 7.54. The number of nitrogens with one attached hydrogen (secondary N) is 1. The fourth-order valence-electron chi connectivity index (χ4n) is 5.62. The highest BCUT2D eigenvalue weighted by molar-refractivity contribution is 5.94. The number of nitrogens with zero attached hydrogens (tertiary/aromatic N) is 4. The predicted octanol–water partition coefficient (Wildman–Crippen LogP) is 4.46. The van der Waals surface area contributed by atoms with E-state index in [4.69, 9.17) is 0 Å². The highest BCUT2D eigenvalue weighted by Crippen LogP contribution is 2.27. The van der Waals surface area contributed by atoms with Crippen LogP contribution in [0.25, 0.3) is 16.6 Å². The Balaban J connectivity index is 1.58. The van der Waals surface area contributed by atoms with Crippen LogP contribution in [0.3, 0.4) is 0 Å². The number of benzene rings is 1. The predicted molar refractivity (Wildman–Crippen MR) is 137 cm³/mol. The summed E-state index contributed by atoms with van der Waals surface area (Å²) in [4.78, 5) is 32.5. The standard InChI is InChI=1S/C27H39N5O2/c1-5-19(3)30(21-12-8-7-9-13-21)17-16-28-27(34)23(6-2)32-24-15-11-10-14-22(24)26-29-25(33)18-20(4)31(26)32/h10-11,14-15,18-19,21,23H,5-9,12-13,16-17H2,1-4H3,(H,28,34)/t19-,23+/m1/s1. The number of aryl methyl sites for hydroxylation is 1. The number of para-hydroxylation sites is 1. The van der Waals surface area contributed by atoms with Gasteiger partial charge in [-0.3, -0.25) is 19.2 Å². The van der Waals surface area contributed by atoms with Crippen LogP contribution in [0.2, 0.25) is 0 Å². The lowest BCUT2D eigenvalue weighted by Gasteiger charge is -2.38. The van der Waals surface area contributed by atoms with Crippen molar-refractivity contribution in [2.75, 3.05) is 13.1 Å². The largest absolute Gasteiger partial charge is 0.353 e. The van der Waals surface area contributed by atoms with Gasteiger partial charge < -0.3 is 5.32 Å². The monoisotopic (exact) mass is 465 g/mol. The molecule has 0 spiro atoms. The van der Waals surface area contributed by atoms with Gasteiger partial charge >= 0.3 is 0 Å². The molecule has 1 aromatic carbocycles.